The lowest BCUT2D eigenvalue weighted by Crippen LogP contribution is -2.41. The summed E-state index contributed by atoms with van der Waals surface area (Å²) >= 11 is 0. The first kappa shape index (κ1) is 13.9. The Morgan fingerprint density at radius 1 is 1.33 bits per heavy atom. The number of hydrogen-bond donors (Lipinski definition) is 2. The van der Waals surface area contributed by atoms with E-state index in [1.54, 1.807) is 13.8 Å². The molecule has 0 heterocycles. The fourth-order valence-corrected chi connectivity index (χ4v) is 1.26. The second-order valence-corrected chi connectivity index (χ2v) is 3.62. The van der Waals surface area contributed by atoms with E-state index < -0.39 is 5.92 Å². The van der Waals surface area contributed by atoms with E-state index in [1.807, 2.05) is 6.07 Å². The second-order valence-electron chi connectivity index (χ2n) is 3.62. The molecule has 0 bridgehead atoms. The Balaban J connectivity index is 4.53. The highest BCUT2D eigenvalue weighted by Crippen LogP contribution is 2.13. The molecular formula is C10H18N2O3. The molecule has 0 aliphatic heterocycles. The Bertz CT molecular complexity index is 229. The summed E-state index contributed by atoms with van der Waals surface area (Å²) in [4.78, 5) is 13.1. The van der Waals surface area contributed by atoms with Crippen molar-refractivity contribution in [3.63, 3.8) is 0 Å². The summed E-state index contributed by atoms with van der Waals surface area (Å²) < 4.78 is 0. The van der Waals surface area contributed by atoms with Gasteiger partial charge in [-0.2, -0.15) is 5.26 Å². The van der Waals surface area contributed by atoms with E-state index in [0.29, 0.717) is 0 Å². The highest BCUT2D eigenvalue weighted by atomic mass is 16.3. The van der Waals surface area contributed by atoms with E-state index in [9.17, 15) is 4.79 Å². The number of carbonyl (C=O) groups is 1. The van der Waals surface area contributed by atoms with Crippen LogP contribution in [0.1, 0.15) is 13.8 Å². The summed E-state index contributed by atoms with van der Waals surface area (Å²) in [6.07, 6.45) is 0. The van der Waals surface area contributed by atoms with Crippen molar-refractivity contribution in [2.75, 3.05) is 26.3 Å². The largest absolute Gasteiger partial charge is 0.395 e. The average molecular weight is 214 g/mol. The molecule has 0 spiro atoms. The number of carbonyl (C=O) groups excluding carboxylic acids is 1. The maximum atomic E-state index is 11.8. The standard InChI is InChI=1S/C10H18N2O3/c1-8(2)9(7-11)10(15)12(3-5-13)4-6-14/h8-9,13-14H,3-6H2,1-2H3. The maximum absolute atomic E-state index is 11.8. The first-order chi connectivity index (χ1) is 7.08. The van der Waals surface area contributed by atoms with Crippen LogP contribution in [0.25, 0.3) is 0 Å². The first-order valence-electron chi connectivity index (χ1n) is 4.98. The molecule has 0 fully saturated rings. The lowest BCUT2D eigenvalue weighted by atomic mass is 9.96. The van der Waals surface area contributed by atoms with Gasteiger partial charge in [-0.05, 0) is 5.92 Å². The van der Waals surface area contributed by atoms with E-state index >= 15 is 0 Å². The Hall–Kier alpha value is -1.12. The molecular weight excluding hydrogens is 196 g/mol. The van der Waals surface area contributed by atoms with Crippen molar-refractivity contribution in [1.29, 1.82) is 5.26 Å². The fraction of sp³-hybridized carbons (Fsp3) is 0.800. The van der Waals surface area contributed by atoms with Gasteiger partial charge in [0.15, 0.2) is 0 Å². The van der Waals surface area contributed by atoms with Crippen molar-refractivity contribution in [2.45, 2.75) is 13.8 Å². The summed E-state index contributed by atoms with van der Waals surface area (Å²) in [6, 6.07) is 1.94. The topological polar surface area (TPSA) is 84.6 Å². The molecule has 0 aromatic rings. The molecule has 0 aromatic carbocycles. The van der Waals surface area contributed by atoms with Gasteiger partial charge >= 0.3 is 0 Å². The Labute approximate surface area is 89.9 Å². The number of aliphatic hydroxyl groups excluding tert-OH is 2. The molecule has 86 valence electrons. The third-order valence-electron chi connectivity index (χ3n) is 2.12. The van der Waals surface area contributed by atoms with Gasteiger partial charge < -0.3 is 15.1 Å². The molecule has 5 nitrogen and oxygen atoms in total. The van der Waals surface area contributed by atoms with E-state index in [2.05, 4.69) is 0 Å². The number of amides is 1. The van der Waals surface area contributed by atoms with Gasteiger partial charge in [0, 0.05) is 13.1 Å². The van der Waals surface area contributed by atoms with Crippen molar-refractivity contribution >= 4 is 5.91 Å². The predicted octanol–water partition coefficient (Wildman–Crippen LogP) is -0.405. The summed E-state index contributed by atoms with van der Waals surface area (Å²) in [6.45, 7) is 3.57. The van der Waals surface area contributed by atoms with E-state index in [0.717, 1.165) is 0 Å². The molecule has 1 amide bonds. The Kier molecular flexibility index (Phi) is 6.67. The molecule has 1 unspecified atom stereocenters. The number of aliphatic hydroxyl groups is 2. The number of rotatable bonds is 6. The van der Waals surface area contributed by atoms with Crippen LogP contribution in [0.5, 0.6) is 0 Å². The van der Waals surface area contributed by atoms with Crippen LogP contribution in [0.2, 0.25) is 0 Å². The van der Waals surface area contributed by atoms with Crippen molar-refractivity contribution in [2.24, 2.45) is 11.8 Å². The fourth-order valence-electron chi connectivity index (χ4n) is 1.26. The van der Waals surface area contributed by atoms with Crippen molar-refractivity contribution in [3.8, 4) is 6.07 Å². The van der Waals surface area contributed by atoms with Crippen molar-refractivity contribution < 1.29 is 15.0 Å². The van der Waals surface area contributed by atoms with Gasteiger partial charge in [0.05, 0.1) is 19.3 Å². The Morgan fingerprint density at radius 2 is 1.80 bits per heavy atom. The predicted molar refractivity (Wildman–Crippen MR) is 54.7 cm³/mol. The molecule has 1 atom stereocenters. The van der Waals surface area contributed by atoms with Gasteiger partial charge in [0.1, 0.15) is 5.92 Å². The minimum Gasteiger partial charge on any atom is -0.395 e. The lowest BCUT2D eigenvalue weighted by molar-refractivity contribution is -0.135. The van der Waals surface area contributed by atoms with Crippen LogP contribution in [0.15, 0.2) is 0 Å². The van der Waals surface area contributed by atoms with Crippen LogP contribution >= 0.6 is 0 Å². The molecule has 0 saturated carbocycles. The highest BCUT2D eigenvalue weighted by Gasteiger charge is 2.26. The van der Waals surface area contributed by atoms with Gasteiger partial charge in [0.25, 0.3) is 0 Å². The third-order valence-corrected chi connectivity index (χ3v) is 2.12. The van der Waals surface area contributed by atoms with E-state index in [4.69, 9.17) is 15.5 Å². The van der Waals surface area contributed by atoms with Crippen molar-refractivity contribution in [3.05, 3.63) is 0 Å². The van der Waals surface area contributed by atoms with Crippen LogP contribution in [0.3, 0.4) is 0 Å². The zero-order valence-corrected chi connectivity index (χ0v) is 9.18. The average Bonchev–Trinajstić information content (AvgIpc) is 2.17. The lowest BCUT2D eigenvalue weighted by Gasteiger charge is -2.24. The zero-order chi connectivity index (χ0) is 11.8. The second kappa shape index (κ2) is 7.21. The molecule has 0 rings (SSSR count). The highest BCUT2D eigenvalue weighted by molar-refractivity contribution is 5.81. The first-order valence-corrected chi connectivity index (χ1v) is 4.98. The van der Waals surface area contributed by atoms with Crippen LogP contribution in [-0.2, 0) is 4.79 Å². The van der Waals surface area contributed by atoms with E-state index in [1.165, 1.54) is 4.90 Å². The van der Waals surface area contributed by atoms with Crippen molar-refractivity contribution in [1.82, 2.24) is 4.90 Å². The maximum Gasteiger partial charge on any atom is 0.240 e. The SMILES string of the molecule is CC(C)C(C#N)C(=O)N(CCO)CCO. The van der Waals surface area contributed by atoms with Gasteiger partial charge in [0.2, 0.25) is 5.91 Å². The molecule has 0 saturated heterocycles. The van der Waals surface area contributed by atoms with Crippen LogP contribution < -0.4 is 0 Å². The molecule has 2 N–H and O–H groups in total. The van der Waals surface area contributed by atoms with Crippen LogP contribution in [-0.4, -0.2) is 47.3 Å². The molecule has 0 aromatic heterocycles. The molecule has 5 heteroatoms. The summed E-state index contributed by atoms with van der Waals surface area (Å²) in [7, 11) is 0. The molecule has 15 heavy (non-hydrogen) atoms. The van der Waals surface area contributed by atoms with Gasteiger partial charge in [-0.3, -0.25) is 4.79 Å². The van der Waals surface area contributed by atoms with Gasteiger partial charge in [-0.25, -0.2) is 0 Å². The van der Waals surface area contributed by atoms with Gasteiger partial charge in [-0.1, -0.05) is 13.8 Å². The van der Waals surface area contributed by atoms with Crippen LogP contribution in [0, 0.1) is 23.2 Å². The molecule has 0 aliphatic rings. The minimum atomic E-state index is -0.705. The summed E-state index contributed by atoms with van der Waals surface area (Å²) in [5.41, 5.74) is 0. The summed E-state index contributed by atoms with van der Waals surface area (Å²) in [5, 5.41) is 26.3. The minimum absolute atomic E-state index is 0.0672. The quantitative estimate of drug-likeness (QED) is 0.630. The molecule has 0 radical (unpaired) electrons. The number of hydrogen-bond acceptors (Lipinski definition) is 4. The summed E-state index contributed by atoms with van der Waals surface area (Å²) in [5.74, 6) is -1.10. The zero-order valence-electron chi connectivity index (χ0n) is 9.18. The number of nitrogens with zero attached hydrogens (tertiary/aromatic N) is 2. The third kappa shape index (κ3) is 4.28. The van der Waals surface area contributed by atoms with E-state index in [-0.39, 0.29) is 38.1 Å². The van der Waals surface area contributed by atoms with Gasteiger partial charge in [-0.15, -0.1) is 0 Å². The monoisotopic (exact) mass is 214 g/mol. The van der Waals surface area contributed by atoms with Crippen LogP contribution in [0.4, 0.5) is 0 Å². The Morgan fingerprint density at radius 3 is 2.07 bits per heavy atom. The number of nitriles is 1. The smallest absolute Gasteiger partial charge is 0.240 e. The normalized spacial score (nSPS) is 12.3. The molecule has 0 aliphatic carbocycles.